The third-order valence-electron chi connectivity index (χ3n) is 3.64. The molecule has 25 heavy (non-hydrogen) atoms. The first kappa shape index (κ1) is 21.7. The number of phenols is 1. The maximum atomic E-state index is 12.5. The first-order valence-electron chi connectivity index (χ1n) is 7.16. The molecule has 2 rings (SSSR count). The van der Waals surface area contributed by atoms with Crippen molar-refractivity contribution < 1.29 is 58.6 Å². The SMILES string of the molecule is COc1cc(C)cc(C(=O)CC(c2ccccc2)S(=O)(=O)O)c1O.[H-].[Na+]. The molecule has 0 aliphatic carbocycles. The number of rotatable bonds is 6. The second kappa shape index (κ2) is 8.82. The van der Waals surface area contributed by atoms with Crippen LogP contribution in [0.25, 0.3) is 0 Å². The first-order chi connectivity index (χ1) is 11.2. The van der Waals surface area contributed by atoms with Crippen molar-refractivity contribution in [2.45, 2.75) is 18.6 Å². The van der Waals surface area contributed by atoms with Gasteiger partial charge in [-0.2, -0.15) is 8.42 Å². The zero-order valence-corrected chi connectivity index (χ0v) is 17.1. The van der Waals surface area contributed by atoms with E-state index >= 15 is 0 Å². The van der Waals surface area contributed by atoms with Crippen molar-refractivity contribution in [2.75, 3.05) is 7.11 Å². The van der Waals surface area contributed by atoms with Gasteiger partial charge in [0.2, 0.25) is 0 Å². The molecule has 0 bridgehead atoms. The average Bonchev–Trinajstić information content (AvgIpc) is 2.53. The van der Waals surface area contributed by atoms with Gasteiger partial charge in [-0.3, -0.25) is 9.35 Å². The van der Waals surface area contributed by atoms with E-state index in [4.69, 9.17) is 4.74 Å². The zero-order chi connectivity index (χ0) is 17.9. The molecule has 1 atom stereocenters. The number of aryl methyl sites for hydroxylation is 1. The average molecular weight is 374 g/mol. The van der Waals surface area contributed by atoms with Crippen LogP contribution < -0.4 is 34.3 Å². The van der Waals surface area contributed by atoms with Gasteiger partial charge in [0.05, 0.1) is 12.7 Å². The van der Waals surface area contributed by atoms with E-state index < -0.39 is 27.6 Å². The van der Waals surface area contributed by atoms with Crippen LogP contribution in [0, 0.1) is 6.92 Å². The third kappa shape index (κ3) is 5.29. The van der Waals surface area contributed by atoms with Crippen LogP contribution in [0.1, 0.15) is 34.6 Å². The topological polar surface area (TPSA) is 101 Å². The number of carbonyl (C=O) groups is 1. The Bertz CT molecular complexity index is 855. The summed E-state index contributed by atoms with van der Waals surface area (Å²) in [6.45, 7) is 1.72. The van der Waals surface area contributed by atoms with Crippen LogP contribution in [0.5, 0.6) is 11.5 Å². The molecule has 0 heterocycles. The van der Waals surface area contributed by atoms with Crippen LogP contribution in [0.2, 0.25) is 0 Å². The molecule has 2 aromatic carbocycles. The second-order valence-electron chi connectivity index (χ2n) is 5.40. The molecule has 0 amide bonds. The van der Waals surface area contributed by atoms with Gasteiger partial charge >= 0.3 is 29.6 Å². The Labute approximate surface area is 170 Å². The van der Waals surface area contributed by atoms with Crippen LogP contribution in [0.3, 0.4) is 0 Å². The summed E-state index contributed by atoms with van der Waals surface area (Å²) in [4.78, 5) is 12.5. The Balaban J connectivity index is 0.00000312. The molecule has 8 heteroatoms. The van der Waals surface area contributed by atoms with E-state index in [1.165, 1.54) is 25.3 Å². The van der Waals surface area contributed by atoms with Crippen molar-refractivity contribution in [2.24, 2.45) is 0 Å². The standard InChI is InChI=1S/C17H18O6S.Na.H/c1-11-8-13(17(19)15(9-11)23-2)14(18)10-16(24(20,21)22)12-6-4-3-5-7-12;;/h3-9,16,19H,10H2,1-2H3,(H,20,21,22);;/q;+1;-1. The summed E-state index contributed by atoms with van der Waals surface area (Å²) in [5.41, 5.74) is 0.931. The smallest absolute Gasteiger partial charge is 1.00 e. The maximum Gasteiger partial charge on any atom is 1.00 e. The second-order valence-corrected chi connectivity index (χ2v) is 7.00. The minimum Gasteiger partial charge on any atom is -1.00 e. The van der Waals surface area contributed by atoms with E-state index in [0.29, 0.717) is 11.1 Å². The quantitative estimate of drug-likeness (QED) is 0.420. The number of Topliss-reactive ketones (excluding diaryl/α,β-unsaturated/α-hetero) is 1. The summed E-state index contributed by atoms with van der Waals surface area (Å²) in [6, 6.07) is 11.0. The largest absolute Gasteiger partial charge is 1.00 e. The van der Waals surface area contributed by atoms with E-state index in [-0.39, 0.29) is 48.0 Å². The van der Waals surface area contributed by atoms with Gasteiger partial charge in [0, 0.05) is 6.42 Å². The third-order valence-corrected chi connectivity index (χ3v) is 4.80. The normalized spacial score (nSPS) is 12.1. The van der Waals surface area contributed by atoms with E-state index in [1.807, 2.05) is 0 Å². The van der Waals surface area contributed by atoms with Crippen molar-refractivity contribution in [3.63, 3.8) is 0 Å². The predicted molar refractivity (Wildman–Crippen MR) is 90.2 cm³/mol. The van der Waals surface area contributed by atoms with Gasteiger partial charge in [-0.05, 0) is 30.2 Å². The predicted octanol–water partition coefficient (Wildman–Crippen LogP) is 0.0276. The molecule has 0 aliphatic heterocycles. The van der Waals surface area contributed by atoms with Crippen molar-refractivity contribution in [1.82, 2.24) is 0 Å². The molecule has 130 valence electrons. The van der Waals surface area contributed by atoms with Gasteiger partial charge in [0.1, 0.15) is 5.25 Å². The molecule has 0 aliphatic rings. The van der Waals surface area contributed by atoms with Crippen LogP contribution >= 0.6 is 0 Å². The van der Waals surface area contributed by atoms with Gasteiger partial charge in [-0.15, -0.1) is 0 Å². The fraction of sp³-hybridized carbons (Fsp3) is 0.235. The molecule has 0 saturated heterocycles. The summed E-state index contributed by atoms with van der Waals surface area (Å²) >= 11 is 0. The summed E-state index contributed by atoms with van der Waals surface area (Å²) in [5.74, 6) is -0.835. The monoisotopic (exact) mass is 374 g/mol. The minimum absolute atomic E-state index is 0. The molecule has 0 radical (unpaired) electrons. The minimum atomic E-state index is -4.49. The van der Waals surface area contributed by atoms with Gasteiger partial charge in [0.15, 0.2) is 17.3 Å². The number of methoxy groups -OCH3 is 1. The van der Waals surface area contributed by atoms with Gasteiger partial charge in [-0.25, -0.2) is 0 Å². The van der Waals surface area contributed by atoms with Gasteiger partial charge in [-0.1, -0.05) is 30.3 Å². The molecule has 2 N–H and O–H groups in total. The van der Waals surface area contributed by atoms with Gasteiger partial charge in [0.25, 0.3) is 10.1 Å². The molecule has 0 spiro atoms. The van der Waals surface area contributed by atoms with E-state index in [9.17, 15) is 22.9 Å². The number of benzene rings is 2. The summed E-state index contributed by atoms with van der Waals surface area (Å²) in [5, 5.41) is 8.71. The summed E-state index contributed by atoms with van der Waals surface area (Å²) in [6.07, 6.45) is -0.497. The van der Waals surface area contributed by atoms with Crippen LogP contribution in [0.15, 0.2) is 42.5 Å². The van der Waals surface area contributed by atoms with E-state index in [0.717, 1.165) is 0 Å². The summed E-state index contributed by atoms with van der Waals surface area (Å²) in [7, 11) is -3.14. The zero-order valence-electron chi connectivity index (χ0n) is 15.3. The molecule has 6 nitrogen and oxygen atoms in total. The van der Waals surface area contributed by atoms with Crippen molar-refractivity contribution in [3.05, 3.63) is 59.2 Å². The Morgan fingerprint density at radius 2 is 1.84 bits per heavy atom. The molecular formula is C17H19NaO6S. The Morgan fingerprint density at radius 1 is 1.24 bits per heavy atom. The fourth-order valence-corrected chi connectivity index (χ4v) is 3.32. The van der Waals surface area contributed by atoms with Crippen LogP contribution in [-0.2, 0) is 10.1 Å². The molecule has 1 unspecified atom stereocenters. The number of hydrogen-bond acceptors (Lipinski definition) is 5. The molecule has 0 fully saturated rings. The Kier molecular flexibility index (Phi) is 7.64. The Morgan fingerprint density at radius 3 is 2.36 bits per heavy atom. The van der Waals surface area contributed by atoms with Crippen molar-refractivity contribution in [1.29, 1.82) is 0 Å². The number of ketones is 1. The van der Waals surface area contributed by atoms with E-state index in [1.54, 1.807) is 31.2 Å². The Hall–Kier alpha value is -1.38. The maximum absolute atomic E-state index is 12.5. The molecule has 0 saturated carbocycles. The number of hydrogen-bond donors (Lipinski definition) is 2. The summed E-state index contributed by atoms with van der Waals surface area (Å²) < 4.78 is 37.9. The number of phenolic OH excluding ortho intramolecular Hbond substituents is 1. The number of carbonyl (C=O) groups excluding carboxylic acids is 1. The van der Waals surface area contributed by atoms with Crippen molar-refractivity contribution in [3.8, 4) is 11.5 Å². The molecule has 0 aromatic heterocycles. The molecular weight excluding hydrogens is 355 g/mol. The first-order valence-corrected chi connectivity index (χ1v) is 8.66. The fourth-order valence-electron chi connectivity index (χ4n) is 2.45. The van der Waals surface area contributed by atoms with Crippen LogP contribution in [0.4, 0.5) is 0 Å². The van der Waals surface area contributed by atoms with E-state index in [2.05, 4.69) is 0 Å². The van der Waals surface area contributed by atoms with Crippen molar-refractivity contribution >= 4 is 15.9 Å². The van der Waals surface area contributed by atoms with Gasteiger partial charge < -0.3 is 11.3 Å². The molecule has 2 aromatic rings. The number of ether oxygens (including phenoxy) is 1. The number of aromatic hydroxyl groups is 1. The van der Waals surface area contributed by atoms with Crippen LogP contribution in [-0.4, -0.2) is 31.0 Å².